The van der Waals surface area contributed by atoms with Crippen molar-refractivity contribution in [2.45, 2.75) is 24.9 Å². The van der Waals surface area contributed by atoms with Crippen LogP contribution in [-0.2, 0) is 10.4 Å². The highest BCUT2D eigenvalue weighted by atomic mass is 19.1. The molecule has 1 aromatic rings. The lowest BCUT2D eigenvalue weighted by molar-refractivity contribution is 0.0302. The van der Waals surface area contributed by atoms with Gasteiger partial charge in [0.05, 0.1) is 19.8 Å². The lowest BCUT2D eigenvalue weighted by Crippen LogP contribution is -2.27. The highest BCUT2D eigenvalue weighted by Crippen LogP contribution is 2.38. The fraction of sp³-hybridized carbons (Fsp3) is 0.600. The number of hydrogen-bond donors (Lipinski definition) is 1. The van der Waals surface area contributed by atoms with Crippen molar-refractivity contribution < 1.29 is 18.6 Å². The van der Waals surface area contributed by atoms with Gasteiger partial charge >= 0.3 is 0 Å². The van der Waals surface area contributed by atoms with Gasteiger partial charge in [0.15, 0.2) is 17.2 Å². The van der Waals surface area contributed by atoms with E-state index in [-0.39, 0.29) is 6.61 Å². The molecule has 0 spiro atoms. The van der Waals surface area contributed by atoms with E-state index >= 15 is 4.39 Å². The molecule has 0 radical (unpaired) electrons. The number of methoxy groups -OCH3 is 1. The van der Waals surface area contributed by atoms with Crippen LogP contribution in [0.25, 0.3) is 0 Å². The molecule has 0 saturated carbocycles. The lowest BCUT2D eigenvalue weighted by Gasteiger charge is -2.25. The van der Waals surface area contributed by atoms with Crippen LogP contribution in [0.2, 0.25) is 0 Å². The van der Waals surface area contributed by atoms with E-state index < -0.39 is 5.67 Å². The minimum absolute atomic E-state index is 0.00659. The zero-order chi connectivity index (χ0) is 14.4. The molecule has 2 rings (SSSR count). The summed E-state index contributed by atoms with van der Waals surface area (Å²) in [7, 11) is 1.50. The van der Waals surface area contributed by atoms with Crippen LogP contribution in [0.3, 0.4) is 0 Å². The maximum absolute atomic E-state index is 15.1. The first kappa shape index (κ1) is 15.1. The Morgan fingerprint density at radius 3 is 2.75 bits per heavy atom. The lowest BCUT2D eigenvalue weighted by atomic mass is 9.91. The molecule has 1 aliphatic rings. The van der Waals surface area contributed by atoms with Crippen molar-refractivity contribution in [1.82, 2.24) is 0 Å². The molecule has 1 atom stereocenters. The van der Waals surface area contributed by atoms with Gasteiger partial charge in [-0.2, -0.15) is 0 Å². The molecule has 0 amide bonds. The van der Waals surface area contributed by atoms with Crippen LogP contribution in [0.5, 0.6) is 11.5 Å². The summed E-state index contributed by atoms with van der Waals surface area (Å²) in [6.45, 7) is 1.67. The number of alkyl halides is 1. The van der Waals surface area contributed by atoms with Gasteiger partial charge in [0.25, 0.3) is 0 Å². The van der Waals surface area contributed by atoms with Crippen LogP contribution < -0.4 is 15.2 Å². The van der Waals surface area contributed by atoms with Gasteiger partial charge in [-0.25, -0.2) is 4.39 Å². The summed E-state index contributed by atoms with van der Waals surface area (Å²) in [5.74, 6) is 1.27. The molecule has 1 unspecified atom stereocenters. The van der Waals surface area contributed by atoms with Crippen LogP contribution >= 0.6 is 0 Å². The molecule has 0 saturated heterocycles. The average molecular weight is 283 g/mol. The molecular weight excluding hydrogens is 261 g/mol. The van der Waals surface area contributed by atoms with Gasteiger partial charge in [-0.05, 0) is 37.1 Å². The summed E-state index contributed by atoms with van der Waals surface area (Å²) in [4.78, 5) is 0. The van der Waals surface area contributed by atoms with Crippen LogP contribution in [0.1, 0.15) is 24.8 Å². The molecule has 1 aromatic carbocycles. The van der Waals surface area contributed by atoms with E-state index in [2.05, 4.69) is 0 Å². The average Bonchev–Trinajstić information content (AvgIpc) is 2.70. The Morgan fingerprint density at radius 1 is 1.30 bits per heavy atom. The summed E-state index contributed by atoms with van der Waals surface area (Å²) in [5.41, 5.74) is 4.50. The Hall–Kier alpha value is -1.33. The molecule has 0 aromatic heterocycles. The standard InChI is InChI=1S/C15H22FNO3/c1-18-11-15(16,6-2-7-17)12-4-5-13-14(10-12)20-9-3-8-19-13/h4-5,10H,2-3,6-9,11,17H2,1H3. The van der Waals surface area contributed by atoms with E-state index in [1.165, 1.54) is 7.11 Å². The molecule has 2 N–H and O–H groups in total. The zero-order valence-electron chi connectivity index (χ0n) is 11.9. The van der Waals surface area contributed by atoms with Crippen molar-refractivity contribution in [3.8, 4) is 11.5 Å². The summed E-state index contributed by atoms with van der Waals surface area (Å²) in [5, 5.41) is 0. The quantitative estimate of drug-likeness (QED) is 0.871. The number of halogens is 1. The number of rotatable bonds is 6. The Labute approximate surface area is 119 Å². The molecule has 1 heterocycles. The number of hydrogen-bond acceptors (Lipinski definition) is 4. The number of benzene rings is 1. The predicted octanol–water partition coefficient (Wildman–Crippen LogP) is 2.40. The number of fused-ring (bicyclic) bond motifs is 1. The zero-order valence-corrected chi connectivity index (χ0v) is 11.9. The van der Waals surface area contributed by atoms with Crippen molar-refractivity contribution >= 4 is 0 Å². The Kier molecular flexibility index (Phi) is 5.20. The molecule has 0 aliphatic carbocycles. The third-order valence-electron chi connectivity index (χ3n) is 3.42. The summed E-state index contributed by atoms with van der Waals surface area (Å²) >= 11 is 0. The fourth-order valence-electron chi connectivity index (χ4n) is 2.35. The largest absolute Gasteiger partial charge is 0.490 e. The van der Waals surface area contributed by atoms with Gasteiger partial charge in [0.2, 0.25) is 0 Å². The second-order valence-electron chi connectivity index (χ2n) is 5.00. The Balaban J connectivity index is 2.26. The molecule has 5 heteroatoms. The molecule has 20 heavy (non-hydrogen) atoms. The summed E-state index contributed by atoms with van der Waals surface area (Å²) in [6, 6.07) is 5.22. The highest BCUT2D eigenvalue weighted by molar-refractivity contribution is 5.45. The number of ether oxygens (including phenoxy) is 3. The van der Waals surface area contributed by atoms with Gasteiger partial charge in [-0.3, -0.25) is 0 Å². The van der Waals surface area contributed by atoms with Gasteiger partial charge < -0.3 is 19.9 Å². The Bertz CT molecular complexity index is 441. The smallest absolute Gasteiger partial charge is 0.161 e. The maximum atomic E-state index is 15.1. The predicted molar refractivity (Wildman–Crippen MR) is 75.0 cm³/mol. The minimum atomic E-state index is -1.54. The molecule has 4 nitrogen and oxygen atoms in total. The van der Waals surface area contributed by atoms with Gasteiger partial charge in [-0.15, -0.1) is 0 Å². The van der Waals surface area contributed by atoms with Gasteiger partial charge in [0, 0.05) is 13.5 Å². The fourth-order valence-corrected chi connectivity index (χ4v) is 2.35. The molecule has 1 aliphatic heterocycles. The minimum Gasteiger partial charge on any atom is -0.490 e. The molecular formula is C15H22FNO3. The monoisotopic (exact) mass is 283 g/mol. The van der Waals surface area contributed by atoms with Crippen LogP contribution in [0.15, 0.2) is 18.2 Å². The van der Waals surface area contributed by atoms with E-state index in [0.717, 1.165) is 6.42 Å². The van der Waals surface area contributed by atoms with Crippen molar-refractivity contribution in [3.05, 3.63) is 23.8 Å². The molecule has 0 fully saturated rings. The van der Waals surface area contributed by atoms with Crippen LogP contribution in [-0.4, -0.2) is 33.5 Å². The topological polar surface area (TPSA) is 53.7 Å². The second-order valence-corrected chi connectivity index (χ2v) is 5.00. The van der Waals surface area contributed by atoms with Crippen molar-refractivity contribution in [3.63, 3.8) is 0 Å². The summed E-state index contributed by atoms with van der Waals surface area (Å²) in [6.07, 6.45) is 1.77. The van der Waals surface area contributed by atoms with Crippen molar-refractivity contribution in [2.24, 2.45) is 5.73 Å². The van der Waals surface area contributed by atoms with E-state index in [4.69, 9.17) is 19.9 Å². The highest BCUT2D eigenvalue weighted by Gasteiger charge is 2.32. The van der Waals surface area contributed by atoms with Crippen molar-refractivity contribution in [2.75, 3.05) is 33.5 Å². The Morgan fingerprint density at radius 2 is 2.05 bits per heavy atom. The van der Waals surface area contributed by atoms with E-state index in [9.17, 15) is 0 Å². The maximum Gasteiger partial charge on any atom is 0.161 e. The second kappa shape index (κ2) is 6.90. The number of nitrogens with two attached hydrogens (primary N) is 1. The van der Waals surface area contributed by atoms with Gasteiger partial charge in [-0.1, -0.05) is 6.07 Å². The first-order valence-electron chi connectivity index (χ1n) is 6.97. The molecule has 112 valence electrons. The first-order chi connectivity index (χ1) is 9.69. The summed E-state index contributed by atoms with van der Waals surface area (Å²) < 4.78 is 31.3. The third-order valence-corrected chi connectivity index (χ3v) is 3.42. The van der Waals surface area contributed by atoms with E-state index in [1.54, 1.807) is 18.2 Å². The van der Waals surface area contributed by atoms with E-state index in [0.29, 0.717) is 49.7 Å². The molecule has 0 bridgehead atoms. The first-order valence-corrected chi connectivity index (χ1v) is 6.97. The van der Waals surface area contributed by atoms with Crippen LogP contribution in [0, 0.1) is 0 Å². The third kappa shape index (κ3) is 3.41. The van der Waals surface area contributed by atoms with E-state index in [1.807, 2.05) is 0 Å². The SMILES string of the molecule is COCC(F)(CCCN)c1ccc2c(c1)OCCCO2. The van der Waals surface area contributed by atoms with Crippen LogP contribution in [0.4, 0.5) is 4.39 Å². The normalized spacial score (nSPS) is 17.4. The van der Waals surface area contributed by atoms with Gasteiger partial charge in [0.1, 0.15) is 0 Å². The van der Waals surface area contributed by atoms with Crippen molar-refractivity contribution in [1.29, 1.82) is 0 Å².